The Morgan fingerprint density at radius 1 is 1.14 bits per heavy atom. The summed E-state index contributed by atoms with van der Waals surface area (Å²) in [4.78, 5) is 4.01. The Morgan fingerprint density at radius 2 is 1.82 bits per heavy atom. The van der Waals surface area contributed by atoms with Crippen LogP contribution in [0.2, 0.25) is 0 Å². The van der Waals surface area contributed by atoms with E-state index in [0.717, 1.165) is 0 Å². The molecule has 0 aliphatic rings. The number of hydrogen-bond acceptors (Lipinski definition) is 3. The van der Waals surface area contributed by atoms with Crippen molar-refractivity contribution in [2.75, 3.05) is 0 Å². The second kappa shape index (κ2) is 7.09. The molecule has 2 aromatic rings. The molecule has 2 aromatic carbocycles. The van der Waals surface area contributed by atoms with Gasteiger partial charge in [0.15, 0.2) is 0 Å². The minimum Gasteiger partial charge on any atom is -0.271 e. The van der Waals surface area contributed by atoms with E-state index in [0.29, 0.717) is 16.2 Å². The Bertz CT molecular complexity index is 815. The first-order chi connectivity index (χ1) is 10.5. The SMILES string of the molecule is C=N/C=C(/Cl)c1ccc(S(=O)(=O)c2ccccc2)cc1CCl. The smallest absolute Gasteiger partial charge is 0.206 e. The molecular formula is C16H13Cl2NO2S. The van der Waals surface area contributed by atoms with Crippen molar-refractivity contribution in [2.45, 2.75) is 15.7 Å². The lowest BCUT2D eigenvalue weighted by molar-refractivity contribution is 0.596. The number of sulfone groups is 1. The zero-order valence-corrected chi connectivity index (χ0v) is 13.9. The number of hydrogen-bond donors (Lipinski definition) is 0. The van der Waals surface area contributed by atoms with Crippen LogP contribution in [0.4, 0.5) is 0 Å². The van der Waals surface area contributed by atoms with Crippen molar-refractivity contribution in [2.24, 2.45) is 4.99 Å². The summed E-state index contributed by atoms with van der Waals surface area (Å²) < 4.78 is 25.2. The third kappa shape index (κ3) is 3.40. The van der Waals surface area contributed by atoms with Crippen LogP contribution in [0.1, 0.15) is 11.1 Å². The van der Waals surface area contributed by atoms with Crippen molar-refractivity contribution in [1.29, 1.82) is 0 Å². The van der Waals surface area contributed by atoms with Crippen LogP contribution < -0.4 is 0 Å². The van der Waals surface area contributed by atoms with Gasteiger partial charge in [-0.1, -0.05) is 35.9 Å². The molecule has 2 rings (SSSR count). The molecule has 0 atom stereocenters. The van der Waals surface area contributed by atoms with Gasteiger partial charge in [0.1, 0.15) is 0 Å². The summed E-state index contributed by atoms with van der Waals surface area (Å²) in [5.41, 5.74) is 1.25. The summed E-state index contributed by atoms with van der Waals surface area (Å²) in [6.07, 6.45) is 1.39. The largest absolute Gasteiger partial charge is 0.271 e. The average Bonchev–Trinajstić information content (AvgIpc) is 2.55. The number of alkyl halides is 1. The molecule has 0 aliphatic heterocycles. The summed E-state index contributed by atoms with van der Waals surface area (Å²) in [7, 11) is -3.58. The molecule has 0 bridgehead atoms. The summed E-state index contributed by atoms with van der Waals surface area (Å²) in [6.45, 7) is 3.34. The molecule has 0 heterocycles. The van der Waals surface area contributed by atoms with E-state index in [4.69, 9.17) is 23.2 Å². The highest BCUT2D eigenvalue weighted by Gasteiger charge is 2.19. The van der Waals surface area contributed by atoms with E-state index >= 15 is 0 Å². The maximum Gasteiger partial charge on any atom is 0.206 e. The van der Waals surface area contributed by atoms with Gasteiger partial charge in [-0.05, 0) is 42.1 Å². The fraction of sp³-hybridized carbons (Fsp3) is 0.0625. The van der Waals surface area contributed by atoms with Gasteiger partial charge in [0.05, 0.1) is 14.8 Å². The molecule has 0 aliphatic carbocycles. The van der Waals surface area contributed by atoms with Crippen LogP contribution in [0.15, 0.2) is 69.5 Å². The molecule has 114 valence electrons. The zero-order chi connectivity index (χ0) is 16.2. The molecule has 0 aromatic heterocycles. The molecule has 0 saturated carbocycles. The second-order valence-electron chi connectivity index (χ2n) is 4.43. The van der Waals surface area contributed by atoms with Crippen LogP contribution in [-0.4, -0.2) is 15.1 Å². The normalized spacial score (nSPS) is 12.2. The van der Waals surface area contributed by atoms with Crippen LogP contribution in [0, 0.1) is 0 Å². The quantitative estimate of drug-likeness (QED) is 0.586. The van der Waals surface area contributed by atoms with Gasteiger partial charge in [0, 0.05) is 12.1 Å². The van der Waals surface area contributed by atoms with Crippen LogP contribution in [0.5, 0.6) is 0 Å². The molecule has 0 fully saturated rings. The van der Waals surface area contributed by atoms with Crippen LogP contribution in [0.25, 0.3) is 5.03 Å². The Hall–Kier alpha value is -1.62. The summed E-state index contributed by atoms with van der Waals surface area (Å²) in [5, 5.41) is 0.356. The fourth-order valence-corrected chi connectivity index (χ4v) is 3.77. The standard InChI is InChI=1S/C16H13Cl2NO2S/c1-19-11-16(18)15-8-7-14(9-12(15)10-17)22(20,21)13-5-3-2-4-6-13/h2-9,11H,1,10H2/b16-11+. The van der Waals surface area contributed by atoms with Crippen molar-refractivity contribution in [3.05, 3.63) is 65.9 Å². The van der Waals surface area contributed by atoms with E-state index in [1.165, 1.54) is 18.3 Å². The van der Waals surface area contributed by atoms with E-state index in [9.17, 15) is 8.42 Å². The van der Waals surface area contributed by atoms with Crippen molar-refractivity contribution < 1.29 is 8.42 Å². The lowest BCUT2D eigenvalue weighted by atomic mass is 10.1. The van der Waals surface area contributed by atoms with E-state index in [-0.39, 0.29) is 15.7 Å². The first-order valence-corrected chi connectivity index (χ1v) is 8.71. The Balaban J connectivity index is 2.55. The summed E-state index contributed by atoms with van der Waals surface area (Å²) in [5.74, 6) is 0.134. The number of nitrogens with zero attached hydrogens (tertiary/aromatic N) is 1. The van der Waals surface area contributed by atoms with Crippen molar-refractivity contribution in [3.63, 3.8) is 0 Å². The molecule has 0 saturated heterocycles. The van der Waals surface area contributed by atoms with Crippen LogP contribution in [0.3, 0.4) is 0 Å². The van der Waals surface area contributed by atoms with Crippen molar-refractivity contribution in [3.8, 4) is 0 Å². The second-order valence-corrected chi connectivity index (χ2v) is 7.05. The fourth-order valence-electron chi connectivity index (χ4n) is 1.97. The van der Waals surface area contributed by atoms with Crippen LogP contribution in [-0.2, 0) is 15.7 Å². The average molecular weight is 354 g/mol. The van der Waals surface area contributed by atoms with E-state index < -0.39 is 9.84 Å². The van der Waals surface area contributed by atoms with Gasteiger partial charge < -0.3 is 0 Å². The maximum atomic E-state index is 12.6. The molecule has 3 nitrogen and oxygen atoms in total. The highest BCUT2D eigenvalue weighted by atomic mass is 35.5. The van der Waals surface area contributed by atoms with Crippen molar-refractivity contribution >= 4 is 44.8 Å². The molecule has 0 radical (unpaired) electrons. The molecular weight excluding hydrogens is 341 g/mol. The Morgan fingerprint density at radius 3 is 2.41 bits per heavy atom. The lowest BCUT2D eigenvalue weighted by Crippen LogP contribution is -2.03. The van der Waals surface area contributed by atoms with Gasteiger partial charge >= 0.3 is 0 Å². The third-order valence-electron chi connectivity index (χ3n) is 3.05. The van der Waals surface area contributed by atoms with Gasteiger partial charge in [0.25, 0.3) is 0 Å². The van der Waals surface area contributed by atoms with E-state index in [1.54, 1.807) is 36.4 Å². The number of rotatable bonds is 5. The minimum atomic E-state index is -3.58. The van der Waals surface area contributed by atoms with Gasteiger partial charge in [0.2, 0.25) is 9.84 Å². The topological polar surface area (TPSA) is 46.5 Å². The summed E-state index contributed by atoms with van der Waals surface area (Å²) >= 11 is 12.0. The molecule has 0 unspecified atom stereocenters. The Kier molecular flexibility index (Phi) is 5.40. The molecule has 22 heavy (non-hydrogen) atoms. The van der Waals surface area contributed by atoms with E-state index in [2.05, 4.69) is 11.7 Å². The zero-order valence-electron chi connectivity index (χ0n) is 11.5. The van der Waals surface area contributed by atoms with Gasteiger partial charge in [-0.25, -0.2) is 8.42 Å². The maximum absolute atomic E-state index is 12.6. The molecule has 0 amide bonds. The number of benzene rings is 2. The lowest BCUT2D eigenvalue weighted by Gasteiger charge is -2.10. The third-order valence-corrected chi connectivity index (χ3v) is 5.40. The van der Waals surface area contributed by atoms with Crippen molar-refractivity contribution in [1.82, 2.24) is 0 Å². The summed E-state index contributed by atoms with van der Waals surface area (Å²) in [6, 6.07) is 12.9. The molecule has 0 spiro atoms. The van der Waals surface area contributed by atoms with Crippen LogP contribution >= 0.6 is 23.2 Å². The van der Waals surface area contributed by atoms with Gasteiger partial charge in [-0.2, -0.15) is 0 Å². The first kappa shape index (κ1) is 16.7. The predicted molar refractivity (Wildman–Crippen MR) is 91.3 cm³/mol. The number of halogens is 2. The van der Waals surface area contributed by atoms with Gasteiger partial charge in [-0.3, -0.25) is 4.99 Å². The molecule has 0 N–H and O–H groups in total. The minimum absolute atomic E-state index is 0.134. The highest BCUT2D eigenvalue weighted by molar-refractivity contribution is 7.91. The predicted octanol–water partition coefficient (Wildman–Crippen LogP) is 4.50. The number of aliphatic imine (C=N–C) groups is 1. The van der Waals surface area contributed by atoms with E-state index in [1.807, 2.05) is 0 Å². The monoisotopic (exact) mass is 353 g/mol. The molecule has 6 heteroatoms. The Labute approximate surface area is 139 Å². The first-order valence-electron chi connectivity index (χ1n) is 6.31. The highest BCUT2D eigenvalue weighted by Crippen LogP contribution is 2.29. The van der Waals surface area contributed by atoms with Gasteiger partial charge in [-0.15, -0.1) is 11.6 Å².